The Morgan fingerprint density at radius 1 is 1.28 bits per heavy atom. The minimum absolute atomic E-state index is 0.0367. The average molecular weight is 455 g/mol. The summed E-state index contributed by atoms with van der Waals surface area (Å²) in [6.45, 7) is 4.72. The van der Waals surface area contributed by atoms with Crippen molar-refractivity contribution in [1.29, 1.82) is 5.26 Å². The summed E-state index contributed by atoms with van der Waals surface area (Å²) in [6, 6.07) is 1.56. The number of nitriles is 1. The molecular weight excluding hydrogens is 432 g/mol. The lowest BCUT2D eigenvalue weighted by molar-refractivity contribution is -0.133. The third-order valence-electron chi connectivity index (χ3n) is 5.80. The van der Waals surface area contributed by atoms with Gasteiger partial charge in [0.2, 0.25) is 5.91 Å². The summed E-state index contributed by atoms with van der Waals surface area (Å²) in [5.41, 5.74) is -0.608. The molecule has 0 radical (unpaired) electrons. The fourth-order valence-electron chi connectivity index (χ4n) is 3.96. The second-order valence-corrected chi connectivity index (χ2v) is 8.93. The average Bonchev–Trinajstić information content (AvgIpc) is 3.32. The summed E-state index contributed by atoms with van der Waals surface area (Å²) in [4.78, 5) is 53.7. The van der Waals surface area contributed by atoms with Gasteiger partial charge in [0.25, 0.3) is 5.91 Å². The predicted molar refractivity (Wildman–Crippen MR) is 114 cm³/mol. The summed E-state index contributed by atoms with van der Waals surface area (Å²) in [5.74, 6) is -0.130. The summed E-state index contributed by atoms with van der Waals surface area (Å²) < 4.78 is 0. The number of carbonyl (C=O) groups excluding carboxylic acids is 3. The van der Waals surface area contributed by atoms with Gasteiger partial charge in [-0.1, -0.05) is 0 Å². The highest BCUT2D eigenvalue weighted by atomic mass is 32.1. The van der Waals surface area contributed by atoms with Gasteiger partial charge in [-0.25, -0.2) is 19.7 Å². The number of hydrogen-bond donors (Lipinski definition) is 2. The Labute approximate surface area is 188 Å². The summed E-state index contributed by atoms with van der Waals surface area (Å²) >= 11 is 1.43. The lowest BCUT2D eigenvalue weighted by Crippen LogP contribution is -2.55. The summed E-state index contributed by atoms with van der Waals surface area (Å²) in [6.07, 6.45) is 5.47. The summed E-state index contributed by atoms with van der Waals surface area (Å²) in [5, 5.41) is 15.0. The smallest absolute Gasteiger partial charge is 0.323 e. The quantitative estimate of drug-likeness (QED) is 0.645. The molecule has 0 aromatic carbocycles. The molecular formula is C20H22N8O3S. The normalized spacial score (nSPS) is 19.0. The molecule has 32 heavy (non-hydrogen) atoms. The van der Waals surface area contributed by atoms with Gasteiger partial charge in [-0.15, -0.1) is 11.3 Å². The van der Waals surface area contributed by atoms with Gasteiger partial charge in [0.05, 0.1) is 12.1 Å². The Balaban J connectivity index is 1.39. The molecule has 0 saturated carbocycles. The van der Waals surface area contributed by atoms with Crippen LogP contribution in [0.25, 0.3) is 0 Å². The van der Waals surface area contributed by atoms with Crippen molar-refractivity contribution in [2.45, 2.75) is 44.8 Å². The number of urea groups is 1. The number of rotatable bonds is 5. The number of piperidine rings is 1. The maximum absolute atomic E-state index is 13.1. The zero-order chi connectivity index (χ0) is 22.9. The molecule has 2 aromatic heterocycles. The standard InChI is InChI=1S/C20H22N8O3S/c1-12(15-10-24-18(32-15)25-13(2)29)27-5-3-20(4-6-27)17(30)28(19(31)26-20)11-16-22-8-14(7-21)9-23-16/h8-10,12H,3-6,11H2,1-2H3,(H,26,31)(H,24,25,29)/t12-/m0/s1. The van der Waals surface area contributed by atoms with Crippen molar-refractivity contribution >= 4 is 34.3 Å². The molecule has 1 atom stereocenters. The van der Waals surface area contributed by atoms with Crippen LogP contribution in [0.5, 0.6) is 0 Å². The highest BCUT2D eigenvalue weighted by molar-refractivity contribution is 7.15. The van der Waals surface area contributed by atoms with Crippen LogP contribution in [0.4, 0.5) is 9.93 Å². The molecule has 2 N–H and O–H groups in total. The monoisotopic (exact) mass is 454 g/mol. The number of likely N-dealkylation sites (tertiary alicyclic amines) is 1. The topological polar surface area (TPSA) is 144 Å². The van der Waals surface area contributed by atoms with Gasteiger partial charge < -0.3 is 10.6 Å². The van der Waals surface area contributed by atoms with E-state index in [9.17, 15) is 14.4 Å². The highest BCUT2D eigenvalue weighted by Gasteiger charge is 2.52. The lowest BCUT2D eigenvalue weighted by atomic mass is 9.87. The Hall–Kier alpha value is -3.43. The molecule has 4 rings (SSSR count). The third kappa shape index (κ3) is 4.17. The van der Waals surface area contributed by atoms with Crippen molar-refractivity contribution in [2.24, 2.45) is 0 Å². The lowest BCUT2D eigenvalue weighted by Gasteiger charge is -2.39. The zero-order valence-corrected chi connectivity index (χ0v) is 18.5. The molecule has 4 heterocycles. The van der Waals surface area contributed by atoms with Gasteiger partial charge in [-0.2, -0.15) is 5.26 Å². The predicted octanol–water partition coefficient (Wildman–Crippen LogP) is 1.41. The maximum Gasteiger partial charge on any atom is 0.325 e. The minimum Gasteiger partial charge on any atom is -0.323 e. The fraction of sp³-hybridized carbons (Fsp3) is 0.450. The molecule has 166 valence electrons. The van der Waals surface area contributed by atoms with E-state index in [0.717, 1.165) is 9.78 Å². The third-order valence-corrected chi connectivity index (χ3v) is 6.88. The van der Waals surface area contributed by atoms with Gasteiger partial charge in [0, 0.05) is 49.5 Å². The second-order valence-electron chi connectivity index (χ2n) is 7.86. The van der Waals surface area contributed by atoms with Crippen molar-refractivity contribution in [2.75, 3.05) is 18.4 Å². The molecule has 1 spiro atoms. The van der Waals surface area contributed by atoms with Crippen LogP contribution in [-0.2, 0) is 16.1 Å². The Morgan fingerprint density at radius 2 is 1.97 bits per heavy atom. The van der Waals surface area contributed by atoms with Crippen molar-refractivity contribution < 1.29 is 14.4 Å². The van der Waals surface area contributed by atoms with Crippen LogP contribution in [0.2, 0.25) is 0 Å². The molecule has 12 heteroatoms. The largest absolute Gasteiger partial charge is 0.325 e. The van der Waals surface area contributed by atoms with Crippen molar-refractivity contribution in [3.8, 4) is 6.07 Å². The molecule has 4 amide bonds. The van der Waals surface area contributed by atoms with Crippen LogP contribution in [0, 0.1) is 11.3 Å². The first-order valence-electron chi connectivity index (χ1n) is 10.1. The Morgan fingerprint density at radius 3 is 2.59 bits per heavy atom. The van der Waals surface area contributed by atoms with E-state index in [2.05, 4.69) is 37.4 Å². The first-order valence-corrected chi connectivity index (χ1v) is 11.0. The van der Waals surface area contributed by atoms with Crippen molar-refractivity contribution in [3.05, 3.63) is 34.9 Å². The van der Waals surface area contributed by atoms with E-state index in [4.69, 9.17) is 5.26 Å². The van der Waals surface area contributed by atoms with E-state index >= 15 is 0 Å². The van der Waals surface area contributed by atoms with E-state index in [1.807, 2.05) is 6.07 Å². The van der Waals surface area contributed by atoms with Crippen LogP contribution < -0.4 is 10.6 Å². The highest BCUT2D eigenvalue weighted by Crippen LogP contribution is 2.35. The molecule has 2 fully saturated rings. The second kappa shape index (κ2) is 8.60. The number of imide groups is 1. The van der Waals surface area contributed by atoms with E-state index in [-0.39, 0.29) is 24.4 Å². The zero-order valence-electron chi connectivity index (χ0n) is 17.7. The maximum atomic E-state index is 13.1. The van der Waals surface area contributed by atoms with Crippen LogP contribution in [0.15, 0.2) is 18.6 Å². The van der Waals surface area contributed by atoms with Crippen molar-refractivity contribution in [1.82, 2.24) is 30.1 Å². The first kappa shape index (κ1) is 21.8. The van der Waals surface area contributed by atoms with Crippen LogP contribution in [0.3, 0.4) is 0 Å². The minimum atomic E-state index is -0.922. The molecule has 2 aromatic rings. The number of hydrogen-bond acceptors (Lipinski definition) is 9. The summed E-state index contributed by atoms with van der Waals surface area (Å²) in [7, 11) is 0. The first-order chi connectivity index (χ1) is 15.3. The number of carbonyl (C=O) groups is 3. The molecule has 2 saturated heterocycles. The number of anilines is 1. The SMILES string of the molecule is CC(=O)Nc1ncc([C@H](C)N2CCC3(CC2)NC(=O)N(Cc2ncc(C#N)cn2)C3=O)s1. The molecule has 11 nitrogen and oxygen atoms in total. The van der Waals surface area contributed by atoms with Gasteiger partial charge >= 0.3 is 6.03 Å². The van der Waals surface area contributed by atoms with Gasteiger partial charge in [0.1, 0.15) is 17.4 Å². The van der Waals surface area contributed by atoms with E-state index in [1.54, 1.807) is 6.20 Å². The van der Waals surface area contributed by atoms with E-state index in [1.165, 1.54) is 30.7 Å². The van der Waals surface area contributed by atoms with Gasteiger partial charge in [-0.3, -0.25) is 19.4 Å². The number of amides is 4. The van der Waals surface area contributed by atoms with Crippen LogP contribution in [-0.4, -0.2) is 61.2 Å². The molecule has 2 aliphatic heterocycles. The van der Waals surface area contributed by atoms with Crippen molar-refractivity contribution in [3.63, 3.8) is 0 Å². The van der Waals surface area contributed by atoms with Gasteiger partial charge in [-0.05, 0) is 19.8 Å². The Kier molecular flexibility index (Phi) is 5.86. The van der Waals surface area contributed by atoms with Crippen LogP contribution >= 0.6 is 11.3 Å². The number of aromatic nitrogens is 3. The molecule has 2 aliphatic rings. The molecule has 0 bridgehead atoms. The number of nitrogens with one attached hydrogen (secondary N) is 2. The number of nitrogens with zero attached hydrogens (tertiary/aromatic N) is 6. The van der Waals surface area contributed by atoms with Gasteiger partial charge in [0.15, 0.2) is 5.13 Å². The fourth-order valence-corrected chi connectivity index (χ4v) is 4.90. The molecule has 0 aliphatic carbocycles. The van der Waals surface area contributed by atoms with E-state index in [0.29, 0.717) is 42.5 Å². The van der Waals surface area contributed by atoms with Crippen LogP contribution in [0.1, 0.15) is 49.0 Å². The molecule has 0 unspecified atom stereocenters. The Bertz CT molecular complexity index is 1090. The van der Waals surface area contributed by atoms with E-state index < -0.39 is 11.6 Å². The number of thiazole rings is 1.